The largest absolute Gasteiger partial charge is 0.462 e. The van der Waals surface area contributed by atoms with E-state index in [4.69, 9.17) is 15.2 Å². The van der Waals surface area contributed by atoms with Crippen LogP contribution in [0.5, 0.6) is 0 Å². The van der Waals surface area contributed by atoms with Gasteiger partial charge in [0.15, 0.2) is 0 Å². The van der Waals surface area contributed by atoms with E-state index in [1.165, 1.54) is 0 Å². The molecular weight excluding hydrogens is 296 g/mol. The lowest BCUT2D eigenvalue weighted by Gasteiger charge is -2.21. The molecular formula is C12H17N4O6. The molecule has 1 aromatic heterocycles. The SMILES string of the molecule is CC(C)(C)OC(=O)C(N)C(=O)OCCn1[c]n[nH]c(=O)c1=O. The fourth-order valence-electron chi connectivity index (χ4n) is 1.29. The smallest absolute Gasteiger partial charge is 0.335 e. The van der Waals surface area contributed by atoms with Gasteiger partial charge in [0.1, 0.15) is 12.2 Å². The summed E-state index contributed by atoms with van der Waals surface area (Å²) in [5.74, 6) is -1.92. The zero-order valence-corrected chi connectivity index (χ0v) is 12.4. The normalized spacial score (nSPS) is 12.5. The van der Waals surface area contributed by atoms with Gasteiger partial charge in [-0.2, -0.15) is 5.10 Å². The predicted octanol–water partition coefficient (Wildman–Crippen LogP) is -2.06. The maximum Gasteiger partial charge on any atom is 0.335 e. The van der Waals surface area contributed by atoms with Crippen LogP contribution in [0.15, 0.2) is 9.59 Å². The number of carbonyl (C=O) groups excluding carboxylic acids is 2. The Labute approximate surface area is 125 Å². The van der Waals surface area contributed by atoms with Crippen molar-refractivity contribution in [3.63, 3.8) is 0 Å². The number of esters is 2. The summed E-state index contributed by atoms with van der Waals surface area (Å²) in [5.41, 5.74) is 2.82. The van der Waals surface area contributed by atoms with Crippen molar-refractivity contribution in [2.24, 2.45) is 5.73 Å². The first-order chi connectivity index (χ1) is 10.1. The third-order valence-electron chi connectivity index (χ3n) is 2.24. The molecule has 0 spiro atoms. The summed E-state index contributed by atoms with van der Waals surface area (Å²) in [6.07, 6.45) is 2.22. The molecule has 1 aromatic rings. The van der Waals surface area contributed by atoms with Crippen LogP contribution in [-0.4, -0.2) is 45.0 Å². The van der Waals surface area contributed by atoms with Crippen molar-refractivity contribution < 1.29 is 19.1 Å². The maximum absolute atomic E-state index is 11.6. The highest BCUT2D eigenvalue weighted by atomic mass is 16.6. The van der Waals surface area contributed by atoms with Gasteiger partial charge in [-0.1, -0.05) is 0 Å². The molecule has 121 valence electrons. The molecule has 0 aliphatic rings. The monoisotopic (exact) mass is 313 g/mol. The number of aromatic amines is 1. The summed E-state index contributed by atoms with van der Waals surface area (Å²) >= 11 is 0. The van der Waals surface area contributed by atoms with Crippen molar-refractivity contribution in [3.05, 3.63) is 27.0 Å². The second-order valence-electron chi connectivity index (χ2n) is 5.29. The number of nitrogens with one attached hydrogen (secondary N) is 1. The highest BCUT2D eigenvalue weighted by Gasteiger charge is 2.29. The number of nitrogens with two attached hydrogens (primary N) is 1. The Balaban J connectivity index is 2.52. The molecule has 10 nitrogen and oxygen atoms in total. The molecule has 0 bridgehead atoms. The molecule has 0 saturated heterocycles. The van der Waals surface area contributed by atoms with E-state index in [1.54, 1.807) is 20.8 Å². The Bertz CT molecular complexity index is 657. The highest BCUT2D eigenvalue weighted by Crippen LogP contribution is 2.08. The molecule has 3 N–H and O–H groups in total. The van der Waals surface area contributed by atoms with Gasteiger partial charge >= 0.3 is 23.1 Å². The summed E-state index contributed by atoms with van der Waals surface area (Å²) in [7, 11) is 0. The fraction of sp³-hybridized carbons (Fsp3) is 0.583. The van der Waals surface area contributed by atoms with E-state index in [1.807, 2.05) is 5.10 Å². The van der Waals surface area contributed by atoms with Gasteiger partial charge in [-0.15, -0.1) is 0 Å². The number of hydrogen-bond donors (Lipinski definition) is 2. The number of nitrogens with zero attached hydrogens (tertiary/aromatic N) is 2. The molecule has 1 heterocycles. The first-order valence-electron chi connectivity index (χ1n) is 6.34. The van der Waals surface area contributed by atoms with Gasteiger partial charge in [0, 0.05) is 0 Å². The van der Waals surface area contributed by atoms with Crippen LogP contribution in [-0.2, 0) is 25.6 Å². The van der Waals surface area contributed by atoms with Crippen LogP contribution in [0, 0.1) is 6.33 Å². The Morgan fingerprint density at radius 3 is 2.59 bits per heavy atom. The molecule has 1 unspecified atom stereocenters. The van der Waals surface area contributed by atoms with E-state index < -0.39 is 34.7 Å². The number of carbonyl (C=O) groups is 2. The van der Waals surface area contributed by atoms with Gasteiger partial charge in [-0.05, 0) is 20.8 Å². The standard InChI is InChI=1S/C12H17N4O6/c1-12(2,3)22-11(20)7(13)10(19)21-5-4-16-6-14-15-8(17)9(16)18/h7H,4-5,13H2,1-3H3,(H,15,17). The van der Waals surface area contributed by atoms with Crippen LogP contribution in [0.4, 0.5) is 0 Å². The third kappa shape index (κ3) is 5.13. The lowest BCUT2D eigenvalue weighted by atomic mass is 10.2. The quantitative estimate of drug-likeness (QED) is 0.358. The lowest BCUT2D eigenvalue weighted by Crippen LogP contribution is -2.44. The van der Waals surface area contributed by atoms with Crippen molar-refractivity contribution in [2.45, 2.75) is 39.0 Å². The summed E-state index contributed by atoms with van der Waals surface area (Å²) in [5, 5.41) is 5.22. The Morgan fingerprint density at radius 2 is 2.00 bits per heavy atom. The molecule has 10 heteroatoms. The van der Waals surface area contributed by atoms with Crippen LogP contribution in [0.2, 0.25) is 0 Å². The Kier molecular flexibility index (Phi) is 5.57. The molecule has 1 radical (unpaired) electrons. The zero-order valence-electron chi connectivity index (χ0n) is 12.4. The Hall–Kier alpha value is -2.49. The van der Waals surface area contributed by atoms with Crippen molar-refractivity contribution in [3.8, 4) is 0 Å². The van der Waals surface area contributed by atoms with Crippen molar-refractivity contribution >= 4 is 11.9 Å². The maximum atomic E-state index is 11.6. The minimum atomic E-state index is -1.59. The van der Waals surface area contributed by atoms with Crippen LogP contribution >= 0.6 is 0 Å². The molecule has 0 aromatic carbocycles. The summed E-state index contributed by atoms with van der Waals surface area (Å²) in [6, 6.07) is -1.59. The number of H-pyrrole nitrogens is 1. The minimum absolute atomic E-state index is 0.150. The van der Waals surface area contributed by atoms with E-state index in [0.29, 0.717) is 0 Å². The third-order valence-corrected chi connectivity index (χ3v) is 2.24. The van der Waals surface area contributed by atoms with Crippen molar-refractivity contribution in [1.82, 2.24) is 14.8 Å². The predicted molar refractivity (Wildman–Crippen MR) is 72.7 cm³/mol. The van der Waals surface area contributed by atoms with Crippen LogP contribution in [0.1, 0.15) is 20.8 Å². The van der Waals surface area contributed by atoms with Crippen LogP contribution < -0.4 is 16.9 Å². The molecule has 1 atom stereocenters. The molecule has 0 aliphatic heterocycles. The first-order valence-corrected chi connectivity index (χ1v) is 6.34. The average molecular weight is 313 g/mol. The van der Waals surface area contributed by atoms with Gasteiger partial charge in [0.05, 0.1) is 6.54 Å². The summed E-state index contributed by atoms with van der Waals surface area (Å²) in [4.78, 5) is 45.5. The number of hydrogen-bond acceptors (Lipinski definition) is 8. The van der Waals surface area contributed by atoms with Crippen molar-refractivity contribution in [2.75, 3.05) is 6.61 Å². The van der Waals surface area contributed by atoms with Gasteiger partial charge in [0.25, 0.3) is 0 Å². The van der Waals surface area contributed by atoms with Crippen molar-refractivity contribution in [1.29, 1.82) is 0 Å². The summed E-state index contributed by atoms with van der Waals surface area (Å²) in [6.45, 7) is 4.46. The Morgan fingerprint density at radius 1 is 1.36 bits per heavy atom. The van der Waals surface area contributed by atoms with Gasteiger partial charge in [0.2, 0.25) is 12.4 Å². The molecule has 1 rings (SSSR count). The number of rotatable bonds is 5. The van der Waals surface area contributed by atoms with Crippen LogP contribution in [0.3, 0.4) is 0 Å². The van der Waals surface area contributed by atoms with E-state index in [2.05, 4.69) is 11.4 Å². The molecule has 0 saturated carbocycles. The zero-order chi connectivity index (χ0) is 16.9. The summed E-state index contributed by atoms with van der Waals surface area (Å²) < 4.78 is 10.5. The van der Waals surface area contributed by atoms with E-state index in [0.717, 1.165) is 4.57 Å². The van der Waals surface area contributed by atoms with E-state index in [-0.39, 0.29) is 13.2 Å². The van der Waals surface area contributed by atoms with E-state index in [9.17, 15) is 19.2 Å². The number of aromatic nitrogens is 3. The first kappa shape index (κ1) is 17.6. The van der Waals surface area contributed by atoms with E-state index >= 15 is 0 Å². The molecule has 0 fully saturated rings. The molecule has 0 amide bonds. The van der Waals surface area contributed by atoms with Gasteiger partial charge in [-0.3, -0.25) is 14.2 Å². The fourth-order valence-corrected chi connectivity index (χ4v) is 1.29. The molecule has 0 aliphatic carbocycles. The average Bonchev–Trinajstić information content (AvgIpc) is 2.40. The second kappa shape index (κ2) is 6.98. The number of ether oxygens (including phenoxy) is 2. The lowest BCUT2D eigenvalue weighted by molar-refractivity contribution is -0.164. The van der Waals surface area contributed by atoms with Crippen LogP contribution in [0.25, 0.3) is 0 Å². The second-order valence-corrected chi connectivity index (χ2v) is 5.29. The minimum Gasteiger partial charge on any atom is -0.462 e. The topological polar surface area (TPSA) is 146 Å². The van der Waals surface area contributed by atoms with Gasteiger partial charge < -0.3 is 15.2 Å². The van der Waals surface area contributed by atoms with Gasteiger partial charge in [-0.25, -0.2) is 14.7 Å². The highest BCUT2D eigenvalue weighted by molar-refractivity contribution is 5.99. The molecule has 22 heavy (non-hydrogen) atoms.